The molecule has 0 spiro atoms. The smallest absolute Gasteiger partial charge is 0.343 e. The summed E-state index contributed by atoms with van der Waals surface area (Å²) in [6.07, 6.45) is 3.28. The molecule has 0 amide bonds. The van der Waals surface area contributed by atoms with E-state index < -0.39 is 5.97 Å². The van der Waals surface area contributed by atoms with E-state index in [1.165, 1.54) is 19.2 Å². The minimum absolute atomic E-state index is 0.328. The zero-order chi connectivity index (χ0) is 17.1. The Kier molecular flexibility index (Phi) is 4.33. The number of methoxy groups -OCH3 is 2. The van der Waals surface area contributed by atoms with E-state index in [9.17, 15) is 9.18 Å². The number of hydrogen-bond donors (Lipinski definition) is 0. The monoisotopic (exact) mass is 326 g/mol. The molecule has 4 nitrogen and oxygen atoms in total. The molecule has 0 atom stereocenters. The van der Waals surface area contributed by atoms with E-state index in [4.69, 9.17) is 14.2 Å². The van der Waals surface area contributed by atoms with E-state index >= 15 is 0 Å². The van der Waals surface area contributed by atoms with Crippen molar-refractivity contribution in [3.05, 3.63) is 71.1 Å². The van der Waals surface area contributed by atoms with Gasteiger partial charge in [0.2, 0.25) is 0 Å². The predicted octanol–water partition coefficient (Wildman–Crippen LogP) is 3.82. The lowest BCUT2D eigenvalue weighted by atomic mass is 10.1. The molecule has 0 aliphatic carbocycles. The molecule has 0 unspecified atom stereocenters. The molecular weight excluding hydrogens is 311 g/mol. The van der Waals surface area contributed by atoms with E-state index in [0.29, 0.717) is 34.0 Å². The summed E-state index contributed by atoms with van der Waals surface area (Å²) in [5.74, 6) is 0.782. The van der Waals surface area contributed by atoms with Crippen LogP contribution in [-0.2, 0) is 9.53 Å². The van der Waals surface area contributed by atoms with Gasteiger partial charge in [0.25, 0.3) is 0 Å². The number of hydrogen-bond acceptors (Lipinski definition) is 4. The topological polar surface area (TPSA) is 44.8 Å². The van der Waals surface area contributed by atoms with Crippen LogP contribution in [0.5, 0.6) is 11.5 Å². The van der Waals surface area contributed by atoms with E-state index in [-0.39, 0.29) is 5.82 Å². The molecule has 0 radical (unpaired) electrons. The molecule has 24 heavy (non-hydrogen) atoms. The Balaban J connectivity index is 1.96. The summed E-state index contributed by atoms with van der Waals surface area (Å²) >= 11 is 0. The number of carbonyl (C=O) groups excluding carboxylic acids is 1. The zero-order valence-corrected chi connectivity index (χ0v) is 13.2. The number of ether oxygens (including phenoxy) is 3. The highest BCUT2D eigenvalue weighted by atomic mass is 19.1. The first-order chi connectivity index (χ1) is 11.6. The molecule has 0 bridgehead atoms. The Morgan fingerprint density at radius 1 is 1.04 bits per heavy atom. The fourth-order valence-electron chi connectivity index (χ4n) is 2.36. The normalized spacial score (nSPS) is 15.2. The summed E-state index contributed by atoms with van der Waals surface area (Å²) in [5, 5.41) is 0. The van der Waals surface area contributed by atoms with Crippen molar-refractivity contribution in [2.45, 2.75) is 0 Å². The SMILES string of the molecule is COc1ccc(C2=C/C(=C/c3ccc(F)cc3)C(=O)O2)c(OC)c1. The van der Waals surface area contributed by atoms with Crippen LogP contribution < -0.4 is 9.47 Å². The highest BCUT2D eigenvalue weighted by Crippen LogP contribution is 2.35. The van der Waals surface area contributed by atoms with Crippen molar-refractivity contribution in [1.29, 1.82) is 0 Å². The molecule has 0 N–H and O–H groups in total. The molecule has 0 aromatic heterocycles. The maximum absolute atomic E-state index is 13.0. The van der Waals surface area contributed by atoms with Gasteiger partial charge in [0.1, 0.15) is 23.1 Å². The average molecular weight is 326 g/mol. The summed E-state index contributed by atoms with van der Waals surface area (Å²) in [4.78, 5) is 12.1. The Bertz CT molecular complexity index is 835. The van der Waals surface area contributed by atoms with E-state index in [0.717, 1.165) is 0 Å². The van der Waals surface area contributed by atoms with Gasteiger partial charge in [-0.1, -0.05) is 12.1 Å². The average Bonchev–Trinajstić information content (AvgIpc) is 2.96. The van der Waals surface area contributed by atoms with Crippen LogP contribution in [0.3, 0.4) is 0 Å². The molecule has 2 aromatic rings. The first-order valence-corrected chi connectivity index (χ1v) is 7.24. The third-order valence-corrected chi connectivity index (χ3v) is 3.59. The molecule has 2 aromatic carbocycles. The number of carbonyl (C=O) groups is 1. The lowest BCUT2D eigenvalue weighted by Gasteiger charge is -2.10. The number of rotatable bonds is 4. The fourth-order valence-corrected chi connectivity index (χ4v) is 2.36. The third kappa shape index (κ3) is 3.15. The van der Waals surface area contributed by atoms with Crippen LogP contribution in [0.1, 0.15) is 11.1 Å². The van der Waals surface area contributed by atoms with Crippen molar-refractivity contribution in [3.8, 4) is 11.5 Å². The van der Waals surface area contributed by atoms with Crippen molar-refractivity contribution >= 4 is 17.8 Å². The predicted molar refractivity (Wildman–Crippen MR) is 88.0 cm³/mol. The van der Waals surface area contributed by atoms with Crippen LogP contribution in [0, 0.1) is 5.82 Å². The highest BCUT2D eigenvalue weighted by Gasteiger charge is 2.24. The van der Waals surface area contributed by atoms with Gasteiger partial charge in [-0.25, -0.2) is 9.18 Å². The van der Waals surface area contributed by atoms with Crippen LogP contribution in [0.15, 0.2) is 54.1 Å². The number of benzene rings is 2. The maximum atomic E-state index is 13.0. The molecule has 5 heteroatoms. The van der Waals surface area contributed by atoms with E-state index in [1.807, 2.05) is 0 Å². The van der Waals surface area contributed by atoms with Gasteiger partial charge in [0, 0.05) is 6.07 Å². The second-order valence-corrected chi connectivity index (χ2v) is 5.12. The van der Waals surface area contributed by atoms with Gasteiger partial charge in [-0.2, -0.15) is 0 Å². The molecule has 1 aliphatic heterocycles. The van der Waals surface area contributed by atoms with Crippen LogP contribution >= 0.6 is 0 Å². The second kappa shape index (κ2) is 6.58. The van der Waals surface area contributed by atoms with Gasteiger partial charge in [0.05, 0.1) is 25.4 Å². The lowest BCUT2D eigenvalue weighted by molar-refractivity contribution is -0.130. The van der Waals surface area contributed by atoms with Crippen molar-refractivity contribution in [1.82, 2.24) is 0 Å². The lowest BCUT2D eigenvalue weighted by Crippen LogP contribution is -1.98. The molecule has 122 valence electrons. The number of halogens is 1. The van der Waals surface area contributed by atoms with Crippen molar-refractivity contribution in [3.63, 3.8) is 0 Å². The summed E-state index contributed by atoms with van der Waals surface area (Å²) in [6.45, 7) is 0. The van der Waals surface area contributed by atoms with E-state index in [1.54, 1.807) is 49.6 Å². The molecule has 1 heterocycles. The minimum atomic E-state index is -0.466. The largest absolute Gasteiger partial charge is 0.497 e. The Hall–Kier alpha value is -3.08. The Morgan fingerprint density at radius 2 is 1.79 bits per heavy atom. The number of esters is 1. The van der Waals surface area contributed by atoms with Crippen molar-refractivity contribution in [2.24, 2.45) is 0 Å². The van der Waals surface area contributed by atoms with Crippen molar-refractivity contribution < 1.29 is 23.4 Å². The Labute approximate surface area is 138 Å². The van der Waals surface area contributed by atoms with Crippen molar-refractivity contribution in [2.75, 3.05) is 14.2 Å². The van der Waals surface area contributed by atoms with Crippen LogP contribution in [0.2, 0.25) is 0 Å². The second-order valence-electron chi connectivity index (χ2n) is 5.12. The zero-order valence-electron chi connectivity index (χ0n) is 13.2. The molecule has 1 aliphatic rings. The minimum Gasteiger partial charge on any atom is -0.497 e. The third-order valence-electron chi connectivity index (χ3n) is 3.59. The summed E-state index contributed by atoms with van der Waals surface area (Å²) < 4.78 is 28.8. The van der Waals surface area contributed by atoms with Gasteiger partial charge >= 0.3 is 5.97 Å². The molecule has 3 rings (SSSR count). The van der Waals surface area contributed by atoms with Crippen LogP contribution in [0.25, 0.3) is 11.8 Å². The molecule has 0 fully saturated rings. The summed E-state index contributed by atoms with van der Waals surface area (Å²) in [6, 6.07) is 11.1. The first-order valence-electron chi connectivity index (χ1n) is 7.24. The van der Waals surface area contributed by atoms with Gasteiger partial charge in [-0.15, -0.1) is 0 Å². The van der Waals surface area contributed by atoms with Crippen LogP contribution in [-0.4, -0.2) is 20.2 Å². The first kappa shape index (κ1) is 15.8. The van der Waals surface area contributed by atoms with Crippen LogP contribution in [0.4, 0.5) is 4.39 Å². The quantitative estimate of drug-likeness (QED) is 0.633. The van der Waals surface area contributed by atoms with Gasteiger partial charge in [-0.3, -0.25) is 0 Å². The van der Waals surface area contributed by atoms with Gasteiger partial charge in [0.15, 0.2) is 0 Å². The maximum Gasteiger partial charge on any atom is 0.343 e. The molecule has 0 saturated heterocycles. The molecular formula is C19H15FO4. The fraction of sp³-hybridized carbons (Fsp3) is 0.105. The van der Waals surface area contributed by atoms with E-state index in [2.05, 4.69) is 0 Å². The van der Waals surface area contributed by atoms with Gasteiger partial charge < -0.3 is 14.2 Å². The Morgan fingerprint density at radius 3 is 2.46 bits per heavy atom. The standard InChI is InChI=1S/C19H15FO4/c1-22-15-7-8-16(17(11-15)23-2)18-10-13(19(21)24-18)9-12-3-5-14(20)6-4-12/h3-11H,1-2H3/b13-9-. The van der Waals surface area contributed by atoms with Gasteiger partial charge in [-0.05, 0) is 42.0 Å². The summed E-state index contributed by atoms with van der Waals surface area (Å²) in [5.41, 5.74) is 1.74. The summed E-state index contributed by atoms with van der Waals surface area (Å²) in [7, 11) is 3.09. The number of cyclic esters (lactones) is 1. The highest BCUT2D eigenvalue weighted by molar-refractivity contribution is 6.05. The molecule has 0 saturated carbocycles.